The van der Waals surface area contributed by atoms with E-state index in [9.17, 15) is 10.2 Å². The van der Waals surface area contributed by atoms with Gasteiger partial charge in [-0.3, -0.25) is 9.98 Å². The second-order valence-corrected chi connectivity index (χ2v) is 19.4. The number of benzene rings is 4. The van der Waals surface area contributed by atoms with Gasteiger partial charge >= 0.3 is 0 Å². The summed E-state index contributed by atoms with van der Waals surface area (Å²) in [6.45, 7) is 9.18. The largest absolute Gasteiger partial charge is 0.507 e. The number of hydrogen-bond donors (Lipinski definition) is 2. The number of nitrogens with zero attached hydrogens (tertiary/aromatic N) is 2. The van der Waals surface area contributed by atoms with Gasteiger partial charge in [-0.2, -0.15) is 0 Å². The number of aromatic hydroxyl groups is 2. The van der Waals surface area contributed by atoms with E-state index in [-0.39, 0.29) is 22.9 Å². The molecule has 2 atom stereocenters. The standard InChI is InChI=1S/C58H78N2O2/c1-5-9-13-23-33-57(34-24-14-10-6-2)49-29-19-17-27-45(49)47-39-55(61)43(37-51(47)57)41-59-53-31-21-22-32-54(53)60-42-44-38-52-48(40-56(44)62)46-28-18-20-30-50(46)58(52,35-25-15-11-7-3)36-26-16-12-8-4/h17-20,27-30,37-42,53-54,61-62H,5-16,21-26,31-36H2,1-4H3. The number of phenolic OH excluding ortho intramolecular Hbond substituents is 2. The van der Waals surface area contributed by atoms with Gasteiger partial charge in [-0.15, -0.1) is 0 Å². The maximum Gasteiger partial charge on any atom is 0.124 e. The molecule has 4 aromatic carbocycles. The van der Waals surface area contributed by atoms with E-state index in [2.05, 4.69) is 88.4 Å². The van der Waals surface area contributed by atoms with Crippen molar-refractivity contribution in [1.82, 2.24) is 0 Å². The molecule has 0 radical (unpaired) electrons. The molecular weight excluding hydrogens is 757 g/mol. The Bertz CT molecular complexity index is 1950. The van der Waals surface area contributed by atoms with E-state index in [4.69, 9.17) is 9.98 Å². The zero-order chi connectivity index (χ0) is 43.4. The average molecular weight is 835 g/mol. The number of unbranched alkanes of at least 4 members (excludes halogenated alkanes) is 12. The van der Waals surface area contributed by atoms with Gasteiger partial charge < -0.3 is 10.2 Å². The lowest BCUT2D eigenvalue weighted by Gasteiger charge is -2.33. The minimum atomic E-state index is -0.0385. The summed E-state index contributed by atoms with van der Waals surface area (Å²) < 4.78 is 0. The van der Waals surface area contributed by atoms with Gasteiger partial charge in [-0.1, -0.05) is 192 Å². The smallest absolute Gasteiger partial charge is 0.124 e. The molecule has 7 rings (SSSR count). The quantitative estimate of drug-likeness (QED) is 0.0545. The minimum Gasteiger partial charge on any atom is -0.507 e. The van der Waals surface area contributed by atoms with Crippen LogP contribution in [-0.4, -0.2) is 34.7 Å². The van der Waals surface area contributed by atoms with Crippen LogP contribution in [0.4, 0.5) is 0 Å². The lowest BCUT2D eigenvalue weighted by molar-refractivity contribution is 0.389. The second kappa shape index (κ2) is 21.9. The van der Waals surface area contributed by atoms with E-state index in [1.54, 1.807) is 0 Å². The molecule has 2 unspecified atom stereocenters. The molecular formula is C58H78N2O2. The van der Waals surface area contributed by atoms with E-state index in [1.807, 2.05) is 24.6 Å². The van der Waals surface area contributed by atoms with Crippen LogP contribution in [0, 0.1) is 0 Å². The molecule has 0 spiro atoms. The minimum absolute atomic E-state index is 0.0229. The first-order valence-corrected chi connectivity index (χ1v) is 25.4. The van der Waals surface area contributed by atoms with Crippen molar-refractivity contribution in [1.29, 1.82) is 0 Å². The van der Waals surface area contributed by atoms with Crippen LogP contribution in [0.25, 0.3) is 22.3 Å². The summed E-state index contributed by atoms with van der Waals surface area (Å²) >= 11 is 0. The fourth-order valence-corrected chi connectivity index (χ4v) is 11.7. The van der Waals surface area contributed by atoms with E-state index < -0.39 is 0 Å². The van der Waals surface area contributed by atoms with E-state index >= 15 is 0 Å². The molecule has 332 valence electrons. The summed E-state index contributed by atoms with van der Waals surface area (Å²) in [5.74, 6) is 0.616. The van der Waals surface area contributed by atoms with Crippen LogP contribution in [0.2, 0.25) is 0 Å². The van der Waals surface area contributed by atoms with Crippen molar-refractivity contribution in [3.8, 4) is 33.8 Å². The molecule has 1 saturated carbocycles. The zero-order valence-corrected chi connectivity index (χ0v) is 39.0. The molecule has 4 heteroatoms. The Morgan fingerprint density at radius 1 is 0.452 bits per heavy atom. The van der Waals surface area contributed by atoms with Crippen LogP contribution in [0.5, 0.6) is 11.5 Å². The maximum atomic E-state index is 11.6. The SMILES string of the molecule is CCCCCCC1(CCCCCC)c2ccccc2-c2cc(O)c(C=NC3CCCCC3N=Cc3cc4c(cc3O)-c3ccccc3C4(CCCCCC)CCCCCC)cc21. The van der Waals surface area contributed by atoms with Crippen molar-refractivity contribution in [2.75, 3.05) is 0 Å². The van der Waals surface area contributed by atoms with E-state index in [1.165, 1.54) is 147 Å². The number of hydrogen-bond acceptors (Lipinski definition) is 4. The van der Waals surface area contributed by atoms with Crippen molar-refractivity contribution in [2.24, 2.45) is 9.98 Å². The Balaban J connectivity index is 1.18. The first kappa shape index (κ1) is 45.8. The van der Waals surface area contributed by atoms with Crippen LogP contribution in [0.15, 0.2) is 82.8 Å². The van der Waals surface area contributed by atoms with Gasteiger partial charge in [0.1, 0.15) is 11.5 Å². The van der Waals surface area contributed by atoms with Crippen molar-refractivity contribution < 1.29 is 10.2 Å². The van der Waals surface area contributed by atoms with Gasteiger partial charge in [0.05, 0.1) is 12.1 Å². The molecule has 0 saturated heterocycles. The summed E-state index contributed by atoms with van der Waals surface area (Å²) in [5.41, 5.74) is 12.2. The number of phenols is 2. The molecule has 1 fully saturated rings. The third-order valence-corrected chi connectivity index (χ3v) is 15.2. The Hall–Kier alpha value is -4.18. The van der Waals surface area contributed by atoms with Crippen LogP contribution < -0.4 is 0 Å². The fraction of sp³-hybridized carbons (Fsp3) is 0.552. The van der Waals surface area contributed by atoms with Gasteiger partial charge in [0.25, 0.3) is 0 Å². The molecule has 0 heterocycles. The van der Waals surface area contributed by atoms with Crippen molar-refractivity contribution in [3.63, 3.8) is 0 Å². The van der Waals surface area contributed by atoms with Crippen molar-refractivity contribution in [3.05, 3.63) is 106 Å². The molecule has 4 nitrogen and oxygen atoms in total. The van der Waals surface area contributed by atoms with Crippen LogP contribution >= 0.6 is 0 Å². The second-order valence-electron chi connectivity index (χ2n) is 19.4. The predicted molar refractivity (Wildman–Crippen MR) is 265 cm³/mol. The maximum absolute atomic E-state index is 11.6. The molecule has 2 N–H and O–H groups in total. The highest BCUT2D eigenvalue weighted by Gasteiger charge is 2.44. The third-order valence-electron chi connectivity index (χ3n) is 15.2. The zero-order valence-electron chi connectivity index (χ0n) is 39.0. The number of fused-ring (bicyclic) bond motifs is 6. The van der Waals surface area contributed by atoms with E-state index in [0.717, 1.165) is 62.5 Å². The van der Waals surface area contributed by atoms with Gasteiger partial charge in [-0.25, -0.2) is 0 Å². The topological polar surface area (TPSA) is 65.2 Å². The number of aliphatic imine (C=N–C) groups is 2. The Morgan fingerprint density at radius 3 is 1.16 bits per heavy atom. The summed E-state index contributed by atoms with van der Waals surface area (Å²) in [6.07, 6.45) is 32.6. The highest BCUT2D eigenvalue weighted by Crippen LogP contribution is 2.57. The molecule has 0 aromatic heterocycles. The molecule has 0 amide bonds. The Kier molecular flexibility index (Phi) is 16.2. The van der Waals surface area contributed by atoms with Crippen molar-refractivity contribution in [2.45, 2.75) is 205 Å². The number of rotatable bonds is 24. The molecule has 0 aliphatic heterocycles. The van der Waals surface area contributed by atoms with Crippen LogP contribution in [0.1, 0.15) is 215 Å². The Labute approximate surface area is 375 Å². The van der Waals surface area contributed by atoms with Crippen molar-refractivity contribution >= 4 is 12.4 Å². The Morgan fingerprint density at radius 2 is 0.806 bits per heavy atom. The van der Waals surface area contributed by atoms with Gasteiger partial charge in [0, 0.05) is 34.4 Å². The average Bonchev–Trinajstić information content (AvgIpc) is 3.70. The summed E-state index contributed by atoms with van der Waals surface area (Å²) in [5, 5.41) is 23.3. The lowest BCUT2D eigenvalue weighted by Crippen LogP contribution is -2.27. The molecule has 62 heavy (non-hydrogen) atoms. The highest BCUT2D eigenvalue weighted by atomic mass is 16.3. The highest BCUT2D eigenvalue weighted by molar-refractivity contribution is 5.91. The normalized spacial score (nSPS) is 18.3. The third kappa shape index (κ3) is 9.80. The monoisotopic (exact) mass is 835 g/mol. The van der Waals surface area contributed by atoms with Gasteiger partial charge in [0.2, 0.25) is 0 Å². The van der Waals surface area contributed by atoms with E-state index in [0.29, 0.717) is 11.5 Å². The predicted octanol–water partition coefficient (Wildman–Crippen LogP) is 16.4. The lowest BCUT2D eigenvalue weighted by atomic mass is 9.70. The van der Waals surface area contributed by atoms with Gasteiger partial charge in [0.15, 0.2) is 0 Å². The van der Waals surface area contributed by atoms with Crippen LogP contribution in [-0.2, 0) is 10.8 Å². The fourth-order valence-electron chi connectivity index (χ4n) is 11.7. The van der Waals surface area contributed by atoms with Crippen LogP contribution in [0.3, 0.4) is 0 Å². The molecule has 3 aliphatic rings. The molecule has 4 aromatic rings. The molecule has 3 aliphatic carbocycles. The summed E-state index contributed by atoms with van der Waals surface area (Å²) in [4.78, 5) is 10.5. The molecule has 0 bridgehead atoms. The first-order chi connectivity index (χ1) is 30.4. The van der Waals surface area contributed by atoms with Gasteiger partial charge in [-0.05, 0) is 107 Å². The summed E-state index contributed by atoms with van der Waals surface area (Å²) in [6, 6.07) is 26.7. The summed E-state index contributed by atoms with van der Waals surface area (Å²) in [7, 11) is 0. The first-order valence-electron chi connectivity index (χ1n) is 25.4.